The first kappa shape index (κ1) is 36.6. The Labute approximate surface area is 293 Å². The predicted octanol–water partition coefficient (Wildman–Crippen LogP) is 9.38. The van der Waals surface area contributed by atoms with Crippen LogP contribution in [-0.2, 0) is 29.3 Å². The fourth-order valence-electron chi connectivity index (χ4n) is 7.20. The molecule has 0 saturated heterocycles. The van der Waals surface area contributed by atoms with Crippen molar-refractivity contribution < 1.29 is 12.8 Å². The van der Waals surface area contributed by atoms with E-state index in [2.05, 4.69) is 43.1 Å². The molecule has 49 heavy (non-hydrogen) atoms. The molecule has 0 N–H and O–H groups in total. The summed E-state index contributed by atoms with van der Waals surface area (Å²) in [4.78, 5) is 18.9. The first-order valence-corrected chi connectivity index (χ1v) is 20.3. The Hall–Kier alpha value is -3.72. The second kappa shape index (κ2) is 17.3. The number of unbranched alkanes of at least 4 members (excludes halogenated alkanes) is 10. The number of hydrogen-bond acceptors (Lipinski definition) is 6. The molecule has 2 aromatic heterocycles. The monoisotopic (exact) mass is 686 g/mol. The van der Waals surface area contributed by atoms with E-state index in [1.807, 2.05) is 19.1 Å². The molecule has 0 aliphatic carbocycles. The molecule has 1 aliphatic heterocycles. The topological polar surface area (TPSA) is 98.3 Å². The van der Waals surface area contributed by atoms with Crippen LogP contribution in [0.2, 0.25) is 0 Å². The fraction of sp³-hybridized carbons (Fsp3) is 0.525. The van der Waals surface area contributed by atoms with Gasteiger partial charge in [-0.25, -0.2) is 13.4 Å². The van der Waals surface area contributed by atoms with Crippen molar-refractivity contribution in [3.8, 4) is 28.3 Å². The van der Waals surface area contributed by atoms with Gasteiger partial charge in [-0.1, -0.05) is 96.3 Å². The standard InChI is InChI=1S/C40H54N4O4S/c1-5-7-9-11-13-15-19-31-21-17-22-32(20-16-14-12-10-8-6-2)38(31)44-40(45)39-35(23-18-24-43(39)49(4,46)47)37(42-44)34-26-30(3)25-33(27-34)36-28-41-29-48-36/h17,21-22,25-29H,5-16,18-20,23-24H2,1-4H3. The van der Waals surface area contributed by atoms with E-state index in [0.717, 1.165) is 72.0 Å². The third-order valence-electron chi connectivity index (χ3n) is 9.69. The Morgan fingerprint density at radius 2 is 1.43 bits per heavy atom. The summed E-state index contributed by atoms with van der Waals surface area (Å²) in [5.74, 6) is 0.635. The van der Waals surface area contributed by atoms with Gasteiger partial charge >= 0.3 is 0 Å². The third-order valence-corrected chi connectivity index (χ3v) is 10.9. The van der Waals surface area contributed by atoms with Crippen molar-refractivity contribution in [3.05, 3.63) is 81.6 Å². The van der Waals surface area contributed by atoms with Crippen molar-refractivity contribution in [1.29, 1.82) is 0 Å². The largest absolute Gasteiger partial charge is 0.444 e. The fourth-order valence-corrected chi connectivity index (χ4v) is 8.18. The van der Waals surface area contributed by atoms with Crippen LogP contribution in [0, 0.1) is 6.92 Å². The van der Waals surface area contributed by atoms with Gasteiger partial charge in [-0.2, -0.15) is 9.78 Å². The first-order valence-electron chi connectivity index (χ1n) is 18.5. The van der Waals surface area contributed by atoms with Gasteiger partial charge in [0.05, 0.1) is 23.8 Å². The zero-order valence-corrected chi connectivity index (χ0v) is 30.8. The van der Waals surface area contributed by atoms with Crippen LogP contribution in [0.5, 0.6) is 0 Å². The number of para-hydroxylation sites is 1. The van der Waals surface area contributed by atoms with Gasteiger partial charge in [0, 0.05) is 23.2 Å². The molecule has 0 unspecified atom stereocenters. The Bertz CT molecular complexity index is 1810. The highest BCUT2D eigenvalue weighted by atomic mass is 32.2. The molecule has 0 fully saturated rings. The molecule has 5 rings (SSSR count). The van der Waals surface area contributed by atoms with Crippen LogP contribution in [0.4, 0.5) is 5.69 Å². The van der Waals surface area contributed by atoms with Crippen molar-refractivity contribution in [2.24, 2.45) is 0 Å². The van der Waals surface area contributed by atoms with Gasteiger partial charge in [-0.3, -0.25) is 9.10 Å². The Kier molecular flexibility index (Phi) is 12.9. The van der Waals surface area contributed by atoms with Crippen LogP contribution < -0.4 is 9.86 Å². The molecule has 0 spiro atoms. The molecular weight excluding hydrogens is 633 g/mol. The van der Waals surface area contributed by atoms with E-state index < -0.39 is 10.0 Å². The van der Waals surface area contributed by atoms with E-state index in [4.69, 9.17) is 9.52 Å². The van der Waals surface area contributed by atoms with Gasteiger partial charge < -0.3 is 4.42 Å². The number of anilines is 1. The van der Waals surface area contributed by atoms with Crippen molar-refractivity contribution in [3.63, 3.8) is 0 Å². The molecule has 4 aromatic rings. The highest BCUT2D eigenvalue weighted by molar-refractivity contribution is 7.92. The minimum atomic E-state index is -3.71. The molecule has 3 heterocycles. The lowest BCUT2D eigenvalue weighted by Gasteiger charge is -2.30. The van der Waals surface area contributed by atoms with Gasteiger partial charge in [-0.05, 0) is 80.3 Å². The summed E-state index contributed by atoms with van der Waals surface area (Å²) in [6.07, 6.45) is 21.3. The van der Waals surface area contributed by atoms with Gasteiger partial charge in [-0.15, -0.1) is 0 Å². The number of benzene rings is 2. The average molecular weight is 687 g/mol. The highest BCUT2D eigenvalue weighted by Crippen LogP contribution is 2.36. The molecule has 9 heteroatoms. The van der Waals surface area contributed by atoms with Crippen molar-refractivity contribution in [2.45, 2.75) is 124 Å². The van der Waals surface area contributed by atoms with Crippen LogP contribution in [0.25, 0.3) is 28.3 Å². The van der Waals surface area contributed by atoms with Crippen LogP contribution in [-0.4, -0.2) is 36.0 Å². The van der Waals surface area contributed by atoms with E-state index in [-0.39, 0.29) is 17.8 Å². The minimum absolute atomic E-state index is 0.223. The molecule has 0 atom stereocenters. The van der Waals surface area contributed by atoms with E-state index in [9.17, 15) is 13.2 Å². The lowest BCUT2D eigenvalue weighted by Crippen LogP contribution is -2.41. The zero-order chi connectivity index (χ0) is 34.8. The molecule has 0 amide bonds. The summed E-state index contributed by atoms with van der Waals surface area (Å²) in [5, 5.41) is 5.20. The van der Waals surface area contributed by atoms with E-state index >= 15 is 0 Å². The molecular formula is C40H54N4O4S. The summed E-state index contributed by atoms with van der Waals surface area (Å²) in [6, 6.07) is 12.5. The summed E-state index contributed by atoms with van der Waals surface area (Å²) in [6.45, 7) is 6.75. The number of hydrogen-bond donors (Lipinski definition) is 0. The minimum Gasteiger partial charge on any atom is -0.444 e. The zero-order valence-electron chi connectivity index (χ0n) is 30.0. The van der Waals surface area contributed by atoms with Crippen LogP contribution in [0.1, 0.15) is 120 Å². The summed E-state index contributed by atoms with van der Waals surface area (Å²) < 4.78 is 35.0. The average Bonchev–Trinajstić information content (AvgIpc) is 3.63. The molecule has 264 valence electrons. The lowest BCUT2D eigenvalue weighted by molar-refractivity contribution is 0.572. The van der Waals surface area contributed by atoms with E-state index in [0.29, 0.717) is 29.9 Å². The number of aromatic nitrogens is 3. The molecule has 0 radical (unpaired) electrons. The normalized spacial score (nSPS) is 13.2. The molecule has 0 saturated carbocycles. The van der Waals surface area contributed by atoms with Crippen LogP contribution in [0.3, 0.4) is 0 Å². The third kappa shape index (κ3) is 9.10. The second-order valence-electron chi connectivity index (χ2n) is 13.7. The van der Waals surface area contributed by atoms with Crippen molar-refractivity contribution in [2.75, 3.05) is 17.1 Å². The molecule has 8 nitrogen and oxygen atoms in total. The maximum Gasteiger partial charge on any atom is 0.296 e. The second-order valence-corrected chi connectivity index (χ2v) is 15.7. The molecule has 0 bridgehead atoms. The summed E-state index contributed by atoms with van der Waals surface area (Å²) >= 11 is 0. The van der Waals surface area contributed by atoms with Crippen LogP contribution >= 0.6 is 0 Å². The number of nitrogens with zero attached hydrogens (tertiary/aromatic N) is 4. The van der Waals surface area contributed by atoms with E-state index in [1.165, 1.54) is 68.3 Å². The number of fused-ring (bicyclic) bond motifs is 1. The van der Waals surface area contributed by atoms with Gasteiger partial charge in [0.15, 0.2) is 12.2 Å². The molecule has 2 aromatic carbocycles. The number of aryl methyl sites for hydroxylation is 3. The van der Waals surface area contributed by atoms with Gasteiger partial charge in [0.1, 0.15) is 5.69 Å². The summed E-state index contributed by atoms with van der Waals surface area (Å²) in [5.41, 5.74) is 6.83. The van der Waals surface area contributed by atoms with Crippen LogP contribution in [0.15, 0.2) is 58.2 Å². The van der Waals surface area contributed by atoms with Gasteiger partial charge in [0.25, 0.3) is 5.56 Å². The maximum absolute atomic E-state index is 14.7. The first-order chi connectivity index (χ1) is 23.7. The van der Waals surface area contributed by atoms with E-state index in [1.54, 1.807) is 10.9 Å². The number of sulfonamides is 1. The lowest BCUT2D eigenvalue weighted by atomic mass is 9.95. The Balaban J connectivity index is 1.67. The Morgan fingerprint density at radius 1 is 0.816 bits per heavy atom. The predicted molar refractivity (Wildman–Crippen MR) is 200 cm³/mol. The van der Waals surface area contributed by atoms with Crippen molar-refractivity contribution in [1.82, 2.24) is 14.8 Å². The quantitative estimate of drug-likeness (QED) is 0.0968. The smallest absolute Gasteiger partial charge is 0.296 e. The van der Waals surface area contributed by atoms with Crippen molar-refractivity contribution >= 4 is 15.7 Å². The molecule has 1 aliphatic rings. The number of rotatable bonds is 18. The van der Waals surface area contributed by atoms with Gasteiger partial charge in [0.2, 0.25) is 10.0 Å². The Morgan fingerprint density at radius 3 is 2.02 bits per heavy atom. The SMILES string of the molecule is CCCCCCCCc1cccc(CCCCCCCC)c1-n1nc(-c2cc(C)cc(-c3cnco3)c2)c2c(c1=O)N(S(C)(=O)=O)CCC2. The number of oxazole rings is 1. The summed E-state index contributed by atoms with van der Waals surface area (Å²) in [7, 11) is -3.71. The highest BCUT2D eigenvalue weighted by Gasteiger charge is 2.32. The maximum atomic E-state index is 14.7.